The van der Waals surface area contributed by atoms with Gasteiger partial charge >= 0.3 is 0 Å². The summed E-state index contributed by atoms with van der Waals surface area (Å²) in [7, 11) is 0. The maximum absolute atomic E-state index is 12.1. The van der Waals surface area contributed by atoms with E-state index in [1.165, 1.54) is 12.2 Å². The molecule has 5 heteroatoms. The van der Waals surface area contributed by atoms with Gasteiger partial charge in [-0.2, -0.15) is 11.8 Å². The van der Waals surface area contributed by atoms with Gasteiger partial charge in [-0.15, -0.1) is 0 Å². The molecule has 2 rings (SSSR count). The molecule has 1 saturated heterocycles. The number of aromatic nitrogens is 1. The number of nitrogens with two attached hydrogens (primary N) is 1. The van der Waals surface area contributed by atoms with Crippen LogP contribution < -0.4 is 11.1 Å². The number of rotatable bonds is 4. The lowest BCUT2D eigenvalue weighted by molar-refractivity contribution is 0.0937. The summed E-state index contributed by atoms with van der Waals surface area (Å²) in [6.45, 7) is 4.86. The van der Waals surface area contributed by atoms with Gasteiger partial charge in [0, 0.05) is 18.8 Å². The van der Waals surface area contributed by atoms with Crippen LogP contribution in [-0.2, 0) is 0 Å². The van der Waals surface area contributed by atoms with Crippen LogP contribution in [0.5, 0.6) is 0 Å². The minimum Gasteiger partial charge on any atom is -0.397 e. The van der Waals surface area contributed by atoms with E-state index in [0.717, 1.165) is 12.3 Å². The molecule has 1 aliphatic heterocycles. The number of anilines is 1. The SMILES string of the molecule is CC(C)n1cc(N)cc1C(=O)NCC1CCSC1. The molecule has 1 amide bonds. The number of hydrogen-bond donors (Lipinski definition) is 2. The van der Waals surface area contributed by atoms with Crippen molar-refractivity contribution in [1.82, 2.24) is 9.88 Å². The average Bonchev–Trinajstić information content (AvgIpc) is 2.94. The van der Waals surface area contributed by atoms with Crippen molar-refractivity contribution in [2.45, 2.75) is 26.3 Å². The first-order valence-electron chi connectivity index (χ1n) is 6.41. The van der Waals surface area contributed by atoms with Crippen molar-refractivity contribution in [3.63, 3.8) is 0 Å². The molecule has 1 aliphatic rings. The molecule has 1 aromatic rings. The molecule has 0 saturated carbocycles. The Morgan fingerprint density at radius 3 is 3.06 bits per heavy atom. The van der Waals surface area contributed by atoms with Crippen molar-refractivity contribution in [1.29, 1.82) is 0 Å². The van der Waals surface area contributed by atoms with Gasteiger partial charge < -0.3 is 15.6 Å². The van der Waals surface area contributed by atoms with Crippen LogP contribution in [0.4, 0.5) is 5.69 Å². The smallest absolute Gasteiger partial charge is 0.268 e. The predicted molar refractivity (Wildman–Crippen MR) is 77.0 cm³/mol. The minimum atomic E-state index is -0.0164. The lowest BCUT2D eigenvalue weighted by Gasteiger charge is -2.14. The Hall–Kier alpha value is -1.10. The molecule has 0 aliphatic carbocycles. The van der Waals surface area contributed by atoms with Crippen LogP contribution in [0, 0.1) is 5.92 Å². The van der Waals surface area contributed by atoms with Crippen molar-refractivity contribution in [3.05, 3.63) is 18.0 Å². The van der Waals surface area contributed by atoms with Gasteiger partial charge in [0.15, 0.2) is 0 Å². The number of carbonyl (C=O) groups excluding carboxylic acids is 1. The van der Waals surface area contributed by atoms with Crippen molar-refractivity contribution in [2.75, 3.05) is 23.8 Å². The van der Waals surface area contributed by atoms with Crippen LogP contribution >= 0.6 is 11.8 Å². The molecule has 0 bridgehead atoms. The third-order valence-electron chi connectivity index (χ3n) is 3.23. The van der Waals surface area contributed by atoms with Gasteiger partial charge in [0.05, 0.1) is 5.69 Å². The van der Waals surface area contributed by atoms with E-state index in [0.29, 0.717) is 17.3 Å². The van der Waals surface area contributed by atoms with E-state index in [9.17, 15) is 4.79 Å². The average molecular weight is 267 g/mol. The fourth-order valence-electron chi connectivity index (χ4n) is 2.18. The molecular formula is C13H21N3OS. The van der Waals surface area contributed by atoms with E-state index in [4.69, 9.17) is 5.73 Å². The summed E-state index contributed by atoms with van der Waals surface area (Å²) in [5.41, 5.74) is 7.07. The highest BCUT2D eigenvalue weighted by atomic mass is 32.2. The van der Waals surface area contributed by atoms with Crippen molar-refractivity contribution in [3.8, 4) is 0 Å². The number of amides is 1. The molecule has 2 heterocycles. The Labute approximate surface area is 112 Å². The van der Waals surface area contributed by atoms with Crippen LogP contribution in [0.3, 0.4) is 0 Å². The molecule has 1 fully saturated rings. The lowest BCUT2D eigenvalue weighted by Crippen LogP contribution is -2.31. The van der Waals surface area contributed by atoms with Gasteiger partial charge in [-0.25, -0.2) is 0 Å². The molecule has 1 atom stereocenters. The Kier molecular flexibility index (Phi) is 4.22. The zero-order valence-electron chi connectivity index (χ0n) is 11.0. The van der Waals surface area contributed by atoms with E-state index in [-0.39, 0.29) is 11.9 Å². The fourth-order valence-corrected chi connectivity index (χ4v) is 3.47. The van der Waals surface area contributed by atoms with Crippen molar-refractivity contribution < 1.29 is 4.79 Å². The van der Waals surface area contributed by atoms with Crippen molar-refractivity contribution >= 4 is 23.4 Å². The zero-order chi connectivity index (χ0) is 13.1. The molecule has 1 aromatic heterocycles. The van der Waals surface area contributed by atoms with Gasteiger partial charge in [0.2, 0.25) is 0 Å². The first kappa shape index (κ1) is 13.3. The number of hydrogen-bond acceptors (Lipinski definition) is 3. The van der Waals surface area contributed by atoms with Crippen LogP contribution in [0.2, 0.25) is 0 Å². The predicted octanol–water partition coefficient (Wildman–Crippen LogP) is 2.13. The molecule has 100 valence electrons. The first-order valence-corrected chi connectivity index (χ1v) is 7.56. The second-order valence-electron chi connectivity index (χ2n) is 5.10. The zero-order valence-corrected chi connectivity index (χ0v) is 11.8. The van der Waals surface area contributed by atoms with E-state index in [2.05, 4.69) is 5.32 Å². The highest BCUT2D eigenvalue weighted by Crippen LogP contribution is 2.23. The second kappa shape index (κ2) is 5.69. The summed E-state index contributed by atoms with van der Waals surface area (Å²) in [5, 5.41) is 3.02. The maximum Gasteiger partial charge on any atom is 0.268 e. The summed E-state index contributed by atoms with van der Waals surface area (Å²) in [5.74, 6) is 2.99. The molecule has 0 spiro atoms. The number of nitrogens with one attached hydrogen (secondary N) is 1. The van der Waals surface area contributed by atoms with Crippen LogP contribution in [0.25, 0.3) is 0 Å². The van der Waals surface area contributed by atoms with Gasteiger partial charge in [-0.05, 0) is 43.8 Å². The standard InChI is InChI=1S/C13H21N3OS/c1-9(2)16-7-11(14)5-12(16)13(17)15-6-10-3-4-18-8-10/h5,7,9-10H,3-4,6,8,14H2,1-2H3,(H,15,17). The van der Waals surface area contributed by atoms with Crippen LogP contribution in [0.1, 0.15) is 36.8 Å². The minimum absolute atomic E-state index is 0.0164. The number of thioether (sulfide) groups is 1. The molecule has 4 nitrogen and oxygen atoms in total. The molecule has 0 radical (unpaired) electrons. The summed E-state index contributed by atoms with van der Waals surface area (Å²) in [4.78, 5) is 12.1. The van der Waals surface area contributed by atoms with Crippen LogP contribution in [0.15, 0.2) is 12.3 Å². The maximum atomic E-state index is 12.1. The highest BCUT2D eigenvalue weighted by Gasteiger charge is 2.19. The Morgan fingerprint density at radius 1 is 1.67 bits per heavy atom. The lowest BCUT2D eigenvalue weighted by atomic mass is 10.1. The number of nitrogen functional groups attached to an aromatic ring is 1. The van der Waals surface area contributed by atoms with Gasteiger partial charge in [-0.1, -0.05) is 0 Å². The molecular weight excluding hydrogens is 246 g/mol. The normalized spacial score (nSPS) is 19.4. The van der Waals surface area contributed by atoms with Crippen molar-refractivity contribution in [2.24, 2.45) is 5.92 Å². The highest BCUT2D eigenvalue weighted by molar-refractivity contribution is 7.99. The van der Waals surface area contributed by atoms with E-state index < -0.39 is 0 Å². The fraction of sp³-hybridized carbons (Fsp3) is 0.615. The van der Waals surface area contributed by atoms with E-state index >= 15 is 0 Å². The number of nitrogens with zero attached hydrogens (tertiary/aromatic N) is 1. The van der Waals surface area contributed by atoms with Gasteiger partial charge in [-0.3, -0.25) is 4.79 Å². The third kappa shape index (κ3) is 3.02. The monoisotopic (exact) mass is 267 g/mol. The molecule has 1 unspecified atom stereocenters. The van der Waals surface area contributed by atoms with E-state index in [1.807, 2.05) is 36.4 Å². The second-order valence-corrected chi connectivity index (χ2v) is 6.25. The Balaban J connectivity index is 1.99. The number of carbonyl (C=O) groups is 1. The third-order valence-corrected chi connectivity index (χ3v) is 4.47. The molecule has 0 aromatic carbocycles. The van der Waals surface area contributed by atoms with E-state index in [1.54, 1.807) is 6.07 Å². The summed E-state index contributed by atoms with van der Waals surface area (Å²) in [6.07, 6.45) is 3.03. The Bertz CT molecular complexity index is 422. The summed E-state index contributed by atoms with van der Waals surface area (Å²) >= 11 is 1.97. The van der Waals surface area contributed by atoms with Crippen LogP contribution in [-0.4, -0.2) is 28.5 Å². The summed E-state index contributed by atoms with van der Waals surface area (Å²) < 4.78 is 1.92. The molecule has 18 heavy (non-hydrogen) atoms. The largest absolute Gasteiger partial charge is 0.397 e. The van der Waals surface area contributed by atoms with Gasteiger partial charge in [0.25, 0.3) is 5.91 Å². The molecule has 3 N–H and O–H groups in total. The Morgan fingerprint density at radius 2 is 2.44 bits per heavy atom. The van der Waals surface area contributed by atoms with Gasteiger partial charge in [0.1, 0.15) is 5.69 Å². The quantitative estimate of drug-likeness (QED) is 0.878. The first-order chi connectivity index (χ1) is 8.58. The summed E-state index contributed by atoms with van der Waals surface area (Å²) in [6, 6.07) is 1.99. The topological polar surface area (TPSA) is 60.0 Å².